The zero-order valence-corrected chi connectivity index (χ0v) is 11.5. The monoisotopic (exact) mass is 260 g/mol. The molecule has 1 fully saturated rings. The molecule has 3 heteroatoms. The maximum atomic E-state index is 6.04. The van der Waals surface area contributed by atoms with E-state index in [0.29, 0.717) is 0 Å². The molecule has 0 radical (unpaired) electrons. The number of anilines is 1. The molecule has 1 saturated carbocycles. The highest BCUT2D eigenvalue weighted by molar-refractivity contribution is 7.80. The van der Waals surface area contributed by atoms with E-state index in [0.717, 1.165) is 24.5 Å². The molecular weight excluding hydrogens is 240 g/mol. The number of rotatable bonds is 3. The van der Waals surface area contributed by atoms with Gasteiger partial charge in [0.25, 0.3) is 0 Å². The first-order valence-electron chi connectivity index (χ1n) is 6.84. The molecule has 96 valence electrons. The van der Waals surface area contributed by atoms with Crippen molar-refractivity contribution in [3.8, 4) is 0 Å². The van der Waals surface area contributed by atoms with Crippen molar-refractivity contribution < 1.29 is 0 Å². The zero-order chi connectivity index (χ0) is 12.6. The van der Waals surface area contributed by atoms with Crippen LogP contribution in [0.3, 0.4) is 0 Å². The number of para-hydroxylation sites is 1. The van der Waals surface area contributed by atoms with E-state index >= 15 is 0 Å². The SMILES string of the molecule is NC(=S)C1(CN2CCc3ccccc32)CCCC1. The molecule has 0 atom stereocenters. The summed E-state index contributed by atoms with van der Waals surface area (Å²) in [7, 11) is 0. The van der Waals surface area contributed by atoms with Crippen LogP contribution in [0.15, 0.2) is 24.3 Å². The second kappa shape index (κ2) is 4.54. The third-order valence-electron chi connectivity index (χ3n) is 4.56. The molecule has 1 aromatic carbocycles. The van der Waals surface area contributed by atoms with Crippen molar-refractivity contribution in [2.24, 2.45) is 11.1 Å². The third kappa shape index (κ3) is 1.91. The van der Waals surface area contributed by atoms with E-state index in [-0.39, 0.29) is 5.41 Å². The molecule has 1 aliphatic heterocycles. The van der Waals surface area contributed by atoms with Crippen LogP contribution in [0.1, 0.15) is 31.2 Å². The van der Waals surface area contributed by atoms with Crippen LogP contribution in [0.2, 0.25) is 0 Å². The van der Waals surface area contributed by atoms with Crippen molar-refractivity contribution in [2.75, 3.05) is 18.0 Å². The molecular formula is C15H20N2S. The number of fused-ring (bicyclic) bond motifs is 1. The minimum atomic E-state index is 0.0901. The lowest BCUT2D eigenvalue weighted by Gasteiger charge is -2.34. The molecule has 1 aliphatic carbocycles. The van der Waals surface area contributed by atoms with Crippen LogP contribution in [-0.2, 0) is 6.42 Å². The van der Waals surface area contributed by atoms with E-state index in [2.05, 4.69) is 29.2 Å². The van der Waals surface area contributed by atoms with Crippen molar-refractivity contribution in [3.63, 3.8) is 0 Å². The van der Waals surface area contributed by atoms with Crippen molar-refractivity contribution in [1.29, 1.82) is 0 Å². The predicted molar refractivity (Wildman–Crippen MR) is 80.0 cm³/mol. The number of thiocarbonyl (C=S) groups is 1. The Kier molecular flexibility index (Phi) is 3.02. The second-order valence-corrected chi connectivity index (χ2v) is 6.09. The minimum absolute atomic E-state index is 0.0901. The Morgan fingerprint density at radius 1 is 1.28 bits per heavy atom. The van der Waals surface area contributed by atoms with Gasteiger partial charge in [-0.15, -0.1) is 0 Å². The summed E-state index contributed by atoms with van der Waals surface area (Å²) < 4.78 is 0. The van der Waals surface area contributed by atoms with Crippen LogP contribution in [0.5, 0.6) is 0 Å². The maximum Gasteiger partial charge on any atom is 0.0807 e. The van der Waals surface area contributed by atoms with Gasteiger partial charge >= 0.3 is 0 Å². The van der Waals surface area contributed by atoms with Gasteiger partial charge in [-0.2, -0.15) is 0 Å². The van der Waals surface area contributed by atoms with E-state index in [1.54, 1.807) is 0 Å². The number of nitrogens with two attached hydrogens (primary N) is 1. The summed E-state index contributed by atoms with van der Waals surface area (Å²) in [5.74, 6) is 0. The van der Waals surface area contributed by atoms with Crippen LogP contribution < -0.4 is 10.6 Å². The predicted octanol–water partition coefficient (Wildman–Crippen LogP) is 2.90. The molecule has 0 spiro atoms. The van der Waals surface area contributed by atoms with Gasteiger partial charge in [-0.1, -0.05) is 43.3 Å². The smallest absolute Gasteiger partial charge is 0.0807 e. The van der Waals surface area contributed by atoms with Crippen molar-refractivity contribution in [3.05, 3.63) is 29.8 Å². The molecule has 1 aromatic rings. The Labute approximate surface area is 114 Å². The maximum absolute atomic E-state index is 6.04. The first-order chi connectivity index (χ1) is 8.71. The Morgan fingerprint density at radius 3 is 2.72 bits per heavy atom. The lowest BCUT2D eigenvalue weighted by molar-refractivity contribution is 0.435. The topological polar surface area (TPSA) is 29.3 Å². The number of hydrogen-bond acceptors (Lipinski definition) is 2. The second-order valence-electron chi connectivity index (χ2n) is 5.65. The van der Waals surface area contributed by atoms with Gasteiger partial charge in [0.1, 0.15) is 0 Å². The Morgan fingerprint density at radius 2 is 2.00 bits per heavy atom. The highest BCUT2D eigenvalue weighted by Gasteiger charge is 2.39. The summed E-state index contributed by atoms with van der Waals surface area (Å²) in [5, 5.41) is 0. The first-order valence-corrected chi connectivity index (χ1v) is 7.25. The first kappa shape index (κ1) is 12.0. The van der Waals surface area contributed by atoms with Crippen molar-refractivity contribution >= 4 is 22.9 Å². The Hall–Kier alpha value is -1.09. The van der Waals surface area contributed by atoms with E-state index in [4.69, 9.17) is 18.0 Å². The van der Waals surface area contributed by atoms with Crippen LogP contribution in [0, 0.1) is 5.41 Å². The lowest BCUT2D eigenvalue weighted by Crippen LogP contribution is -2.43. The fourth-order valence-corrected chi connectivity index (χ4v) is 3.74. The minimum Gasteiger partial charge on any atom is -0.393 e. The summed E-state index contributed by atoms with van der Waals surface area (Å²) in [5.41, 5.74) is 8.98. The largest absolute Gasteiger partial charge is 0.393 e. The average molecular weight is 260 g/mol. The van der Waals surface area contributed by atoms with Gasteiger partial charge in [0.2, 0.25) is 0 Å². The van der Waals surface area contributed by atoms with Gasteiger partial charge < -0.3 is 10.6 Å². The molecule has 0 bridgehead atoms. The lowest BCUT2D eigenvalue weighted by atomic mass is 9.85. The van der Waals surface area contributed by atoms with Crippen LogP contribution in [0.25, 0.3) is 0 Å². The van der Waals surface area contributed by atoms with E-state index in [1.807, 2.05) is 0 Å². The van der Waals surface area contributed by atoms with E-state index in [9.17, 15) is 0 Å². The standard InChI is InChI=1S/C15H20N2S/c16-14(18)15(8-3-4-9-15)11-17-10-7-12-5-1-2-6-13(12)17/h1-2,5-6H,3-4,7-11H2,(H2,16,18). The van der Waals surface area contributed by atoms with Gasteiger partial charge in [0, 0.05) is 24.2 Å². The highest BCUT2D eigenvalue weighted by Crippen LogP contribution is 2.41. The quantitative estimate of drug-likeness (QED) is 0.847. The van der Waals surface area contributed by atoms with Gasteiger partial charge in [-0.3, -0.25) is 0 Å². The molecule has 0 unspecified atom stereocenters. The summed E-state index contributed by atoms with van der Waals surface area (Å²) in [6.07, 6.45) is 6.03. The molecule has 2 aliphatic rings. The molecule has 3 rings (SSSR count). The number of nitrogens with zero attached hydrogens (tertiary/aromatic N) is 1. The molecule has 0 amide bonds. The zero-order valence-electron chi connectivity index (χ0n) is 10.7. The number of benzene rings is 1. The van der Waals surface area contributed by atoms with Gasteiger partial charge in [0.15, 0.2) is 0 Å². The summed E-state index contributed by atoms with van der Waals surface area (Å²) in [6.45, 7) is 2.13. The molecule has 1 heterocycles. The molecule has 0 aromatic heterocycles. The van der Waals surface area contributed by atoms with E-state index < -0.39 is 0 Å². The Bertz CT molecular complexity index is 463. The molecule has 2 N–H and O–H groups in total. The van der Waals surface area contributed by atoms with Crippen molar-refractivity contribution in [1.82, 2.24) is 0 Å². The van der Waals surface area contributed by atoms with Gasteiger partial charge in [-0.05, 0) is 30.9 Å². The average Bonchev–Trinajstić information content (AvgIpc) is 2.99. The highest BCUT2D eigenvalue weighted by atomic mass is 32.1. The molecule has 2 nitrogen and oxygen atoms in total. The number of hydrogen-bond donors (Lipinski definition) is 1. The summed E-state index contributed by atoms with van der Waals surface area (Å²) >= 11 is 5.35. The fourth-order valence-electron chi connectivity index (χ4n) is 3.47. The van der Waals surface area contributed by atoms with Crippen LogP contribution >= 0.6 is 12.2 Å². The van der Waals surface area contributed by atoms with Gasteiger partial charge in [0.05, 0.1) is 4.99 Å². The summed E-state index contributed by atoms with van der Waals surface area (Å²) in [6, 6.07) is 8.71. The molecule has 18 heavy (non-hydrogen) atoms. The van der Waals surface area contributed by atoms with Crippen molar-refractivity contribution in [2.45, 2.75) is 32.1 Å². The third-order valence-corrected chi connectivity index (χ3v) is 4.99. The van der Waals surface area contributed by atoms with Crippen LogP contribution in [-0.4, -0.2) is 18.1 Å². The molecule has 0 saturated heterocycles. The Balaban J connectivity index is 1.83. The van der Waals surface area contributed by atoms with E-state index in [1.165, 1.54) is 36.9 Å². The van der Waals surface area contributed by atoms with Crippen LogP contribution in [0.4, 0.5) is 5.69 Å². The summed E-state index contributed by atoms with van der Waals surface area (Å²) in [4.78, 5) is 3.21. The normalized spacial score (nSPS) is 21.0. The fraction of sp³-hybridized carbons (Fsp3) is 0.533. The van der Waals surface area contributed by atoms with Gasteiger partial charge in [-0.25, -0.2) is 0 Å².